The number of aryl methyl sites for hydroxylation is 1. The highest BCUT2D eigenvalue weighted by molar-refractivity contribution is 6.13. The maximum Gasteiger partial charge on any atom is 0.240 e. The number of hydrogen-bond acceptors (Lipinski definition) is 3. The third-order valence-corrected chi connectivity index (χ3v) is 4.74. The molecule has 1 aliphatic rings. The predicted molar refractivity (Wildman–Crippen MR) is 101 cm³/mol. The minimum Gasteiger partial charge on any atom is -0.497 e. The summed E-state index contributed by atoms with van der Waals surface area (Å²) in [6, 6.07) is 17.3. The fourth-order valence-electron chi connectivity index (χ4n) is 2.92. The minimum atomic E-state index is -0.910. The van der Waals surface area contributed by atoms with Crippen LogP contribution in [-0.4, -0.2) is 25.5 Å². The predicted octanol–water partition coefficient (Wildman–Crippen LogP) is 3.16. The smallest absolute Gasteiger partial charge is 0.240 e. The molecule has 5 nitrogen and oxygen atoms in total. The van der Waals surface area contributed by atoms with Crippen molar-refractivity contribution < 1.29 is 14.3 Å². The van der Waals surface area contributed by atoms with E-state index in [2.05, 4.69) is 22.8 Å². The van der Waals surface area contributed by atoms with Gasteiger partial charge >= 0.3 is 0 Å². The molecule has 26 heavy (non-hydrogen) atoms. The van der Waals surface area contributed by atoms with Gasteiger partial charge in [0.1, 0.15) is 11.2 Å². The normalized spacial score (nSPS) is 14.3. The van der Waals surface area contributed by atoms with Gasteiger partial charge in [-0.2, -0.15) is 0 Å². The molecule has 0 bridgehead atoms. The number of anilines is 1. The Labute approximate surface area is 153 Å². The molecule has 0 atom stereocenters. The lowest BCUT2D eigenvalue weighted by Gasteiger charge is -2.15. The molecule has 1 fully saturated rings. The van der Waals surface area contributed by atoms with Crippen LogP contribution in [0, 0.1) is 5.41 Å². The number of carbonyl (C=O) groups is 2. The average Bonchev–Trinajstić information content (AvgIpc) is 3.49. The number of hydrogen-bond donors (Lipinski definition) is 2. The molecular formula is C21H24N2O3. The summed E-state index contributed by atoms with van der Waals surface area (Å²) >= 11 is 0. The molecular weight excluding hydrogens is 328 g/mol. The zero-order valence-electron chi connectivity index (χ0n) is 15.0. The molecule has 2 N–H and O–H groups in total. The molecule has 2 amide bonds. The number of carbonyl (C=O) groups excluding carboxylic acids is 2. The van der Waals surface area contributed by atoms with Crippen molar-refractivity contribution in [2.45, 2.75) is 25.7 Å². The number of nitrogens with one attached hydrogen (secondary N) is 2. The Balaban J connectivity index is 1.47. The van der Waals surface area contributed by atoms with E-state index in [1.807, 2.05) is 18.2 Å². The monoisotopic (exact) mass is 352 g/mol. The summed E-state index contributed by atoms with van der Waals surface area (Å²) in [6.45, 7) is 0.575. The van der Waals surface area contributed by atoms with E-state index in [-0.39, 0.29) is 11.8 Å². The minimum absolute atomic E-state index is 0.170. The Hall–Kier alpha value is -2.82. The summed E-state index contributed by atoms with van der Waals surface area (Å²) in [4.78, 5) is 25.0. The molecule has 0 saturated heterocycles. The van der Waals surface area contributed by atoms with E-state index >= 15 is 0 Å². The van der Waals surface area contributed by atoms with Gasteiger partial charge in [0.05, 0.1) is 7.11 Å². The van der Waals surface area contributed by atoms with Crippen molar-refractivity contribution in [3.8, 4) is 5.75 Å². The van der Waals surface area contributed by atoms with Gasteiger partial charge in [-0.05, 0) is 55.5 Å². The van der Waals surface area contributed by atoms with E-state index in [9.17, 15) is 9.59 Å². The lowest BCUT2D eigenvalue weighted by atomic mass is 10.0. The molecule has 0 heterocycles. The Kier molecular flexibility index (Phi) is 5.56. The molecule has 136 valence electrons. The Bertz CT molecular complexity index is 753. The van der Waals surface area contributed by atoms with E-state index < -0.39 is 5.41 Å². The van der Waals surface area contributed by atoms with Gasteiger partial charge in [0.25, 0.3) is 0 Å². The largest absolute Gasteiger partial charge is 0.497 e. The van der Waals surface area contributed by atoms with E-state index in [4.69, 9.17) is 4.74 Å². The van der Waals surface area contributed by atoms with Crippen LogP contribution in [0.1, 0.15) is 24.8 Å². The first-order valence-corrected chi connectivity index (χ1v) is 8.92. The van der Waals surface area contributed by atoms with Crippen LogP contribution in [0.2, 0.25) is 0 Å². The second kappa shape index (κ2) is 8.04. The Morgan fingerprint density at radius 1 is 1.00 bits per heavy atom. The molecule has 5 heteroatoms. The van der Waals surface area contributed by atoms with Gasteiger partial charge in [-0.25, -0.2) is 0 Å². The first-order valence-electron chi connectivity index (χ1n) is 8.92. The van der Waals surface area contributed by atoms with Gasteiger partial charge in [-0.3, -0.25) is 9.59 Å². The molecule has 0 aliphatic heterocycles. The van der Waals surface area contributed by atoms with Crippen molar-refractivity contribution in [2.24, 2.45) is 5.41 Å². The van der Waals surface area contributed by atoms with Gasteiger partial charge in [0.2, 0.25) is 11.8 Å². The summed E-state index contributed by atoms with van der Waals surface area (Å²) in [7, 11) is 1.59. The molecule has 2 aromatic rings. The van der Waals surface area contributed by atoms with Crippen LogP contribution in [-0.2, 0) is 16.0 Å². The van der Waals surface area contributed by atoms with Crippen molar-refractivity contribution >= 4 is 17.5 Å². The lowest BCUT2D eigenvalue weighted by molar-refractivity contribution is -0.134. The van der Waals surface area contributed by atoms with Crippen LogP contribution in [0.15, 0.2) is 54.6 Å². The number of amides is 2. The number of ether oxygens (including phenoxy) is 1. The van der Waals surface area contributed by atoms with Crippen molar-refractivity contribution in [1.29, 1.82) is 0 Å². The standard InChI is InChI=1S/C21H24N2O3/c1-26-18-11-9-17(10-12-18)23-20(25)21(13-14-21)19(24)22-15-5-8-16-6-3-2-4-7-16/h2-4,6-7,9-12H,5,8,13-15H2,1H3,(H,22,24)(H,23,25). The van der Waals surface area contributed by atoms with Crippen molar-refractivity contribution in [1.82, 2.24) is 5.32 Å². The highest BCUT2D eigenvalue weighted by Gasteiger charge is 2.56. The number of benzene rings is 2. The summed E-state index contributed by atoms with van der Waals surface area (Å²) in [5.74, 6) is 0.320. The lowest BCUT2D eigenvalue weighted by Crippen LogP contribution is -2.40. The second-order valence-electron chi connectivity index (χ2n) is 6.61. The summed E-state index contributed by atoms with van der Waals surface area (Å²) in [5, 5.41) is 5.76. The van der Waals surface area contributed by atoms with Gasteiger partial charge in [-0.1, -0.05) is 30.3 Å². The first-order chi connectivity index (χ1) is 12.6. The summed E-state index contributed by atoms with van der Waals surface area (Å²) in [6.07, 6.45) is 2.96. The fraction of sp³-hybridized carbons (Fsp3) is 0.333. The van der Waals surface area contributed by atoms with E-state index in [0.717, 1.165) is 18.6 Å². The SMILES string of the molecule is COc1ccc(NC(=O)C2(C(=O)NCCCc3ccccc3)CC2)cc1. The fourth-order valence-corrected chi connectivity index (χ4v) is 2.92. The van der Waals surface area contributed by atoms with Crippen molar-refractivity contribution in [2.75, 3.05) is 19.0 Å². The molecule has 1 saturated carbocycles. The number of methoxy groups -OCH3 is 1. The van der Waals surface area contributed by atoms with Gasteiger partial charge in [-0.15, -0.1) is 0 Å². The molecule has 0 unspecified atom stereocenters. The zero-order valence-corrected chi connectivity index (χ0v) is 15.0. The third-order valence-electron chi connectivity index (χ3n) is 4.74. The Morgan fingerprint density at radius 3 is 2.31 bits per heavy atom. The topological polar surface area (TPSA) is 67.4 Å². The van der Waals surface area contributed by atoms with Crippen molar-refractivity contribution in [3.63, 3.8) is 0 Å². The molecule has 0 radical (unpaired) electrons. The first kappa shape index (κ1) is 18.0. The van der Waals surface area contributed by atoms with Gasteiger partial charge in [0, 0.05) is 12.2 Å². The van der Waals surface area contributed by atoms with Crippen LogP contribution in [0.5, 0.6) is 5.75 Å². The van der Waals surface area contributed by atoms with E-state index in [1.54, 1.807) is 31.4 Å². The average molecular weight is 352 g/mol. The molecule has 0 aromatic heterocycles. The zero-order chi connectivity index (χ0) is 18.4. The van der Waals surface area contributed by atoms with Crippen LogP contribution < -0.4 is 15.4 Å². The van der Waals surface area contributed by atoms with Crippen LogP contribution in [0.3, 0.4) is 0 Å². The second-order valence-corrected chi connectivity index (χ2v) is 6.61. The third kappa shape index (κ3) is 4.23. The molecule has 1 aliphatic carbocycles. The number of rotatable bonds is 8. The quantitative estimate of drug-likeness (QED) is 0.566. The molecule has 0 spiro atoms. The van der Waals surface area contributed by atoms with Crippen LogP contribution >= 0.6 is 0 Å². The van der Waals surface area contributed by atoms with Gasteiger partial charge in [0.15, 0.2) is 0 Å². The maximum atomic E-state index is 12.5. The van der Waals surface area contributed by atoms with Crippen LogP contribution in [0.4, 0.5) is 5.69 Å². The van der Waals surface area contributed by atoms with Crippen LogP contribution in [0.25, 0.3) is 0 Å². The Morgan fingerprint density at radius 2 is 1.69 bits per heavy atom. The van der Waals surface area contributed by atoms with Gasteiger partial charge < -0.3 is 15.4 Å². The molecule has 3 rings (SSSR count). The van der Waals surface area contributed by atoms with E-state index in [1.165, 1.54) is 5.56 Å². The van der Waals surface area contributed by atoms with E-state index in [0.29, 0.717) is 25.1 Å². The highest BCUT2D eigenvalue weighted by atomic mass is 16.5. The van der Waals surface area contributed by atoms with Crippen molar-refractivity contribution in [3.05, 3.63) is 60.2 Å². The maximum absolute atomic E-state index is 12.5. The summed E-state index contributed by atoms with van der Waals surface area (Å²) < 4.78 is 5.10. The highest BCUT2D eigenvalue weighted by Crippen LogP contribution is 2.46. The summed E-state index contributed by atoms with van der Waals surface area (Å²) in [5.41, 5.74) is 1.01. The molecule has 2 aromatic carbocycles.